The van der Waals surface area contributed by atoms with Crippen molar-refractivity contribution >= 4 is 10.8 Å². The zero-order valence-corrected chi connectivity index (χ0v) is 18.2. The molecule has 0 saturated heterocycles. The Morgan fingerprint density at radius 3 is 2.17 bits per heavy atom. The summed E-state index contributed by atoms with van der Waals surface area (Å²) in [5.74, 6) is -0.586. The molecular weight excluding hydrogens is 470 g/mol. The fourth-order valence-electron chi connectivity index (χ4n) is 3.64. The molecule has 3 aromatic carbocycles. The van der Waals surface area contributed by atoms with Gasteiger partial charge in [0.15, 0.2) is 0 Å². The predicted octanol–water partition coefficient (Wildman–Crippen LogP) is 4.52. The standard InChI is InChI=1S/C24H15F4N3O4/c1-30-21(24(26,27)28)11-22(32)31(23(30)33)17-10-20(13(12-29)9-16(17)25)35-19-8-4-5-14-15(19)6-3-7-18(14)34-2/h3-11H,1-2H3. The molecule has 4 rings (SSSR count). The van der Waals surface area contributed by atoms with Crippen molar-refractivity contribution < 1.29 is 27.0 Å². The minimum Gasteiger partial charge on any atom is -0.496 e. The number of fused-ring (bicyclic) bond motifs is 1. The zero-order chi connectivity index (χ0) is 25.5. The van der Waals surface area contributed by atoms with Crippen molar-refractivity contribution in [1.82, 2.24) is 9.13 Å². The lowest BCUT2D eigenvalue weighted by Gasteiger charge is -2.16. The van der Waals surface area contributed by atoms with Crippen molar-refractivity contribution in [3.63, 3.8) is 0 Å². The maximum atomic E-state index is 14.9. The van der Waals surface area contributed by atoms with E-state index in [2.05, 4.69) is 0 Å². The fraction of sp³-hybridized carbons (Fsp3) is 0.125. The van der Waals surface area contributed by atoms with Crippen LogP contribution in [0, 0.1) is 17.1 Å². The van der Waals surface area contributed by atoms with Crippen LogP contribution in [0.2, 0.25) is 0 Å². The highest BCUT2D eigenvalue weighted by Gasteiger charge is 2.35. The second-order valence-electron chi connectivity index (χ2n) is 7.37. The minimum atomic E-state index is -4.97. The first-order valence-electron chi connectivity index (χ1n) is 9.94. The van der Waals surface area contributed by atoms with Gasteiger partial charge in [0.25, 0.3) is 5.56 Å². The van der Waals surface area contributed by atoms with Crippen molar-refractivity contribution in [2.24, 2.45) is 7.05 Å². The van der Waals surface area contributed by atoms with Gasteiger partial charge in [-0.25, -0.2) is 13.8 Å². The molecule has 0 radical (unpaired) electrons. The second-order valence-corrected chi connectivity index (χ2v) is 7.37. The molecule has 35 heavy (non-hydrogen) atoms. The molecule has 0 N–H and O–H groups in total. The number of methoxy groups -OCH3 is 1. The van der Waals surface area contributed by atoms with Gasteiger partial charge in [-0.1, -0.05) is 24.3 Å². The molecule has 0 atom stereocenters. The first kappa shape index (κ1) is 23.6. The molecule has 0 bridgehead atoms. The average Bonchev–Trinajstić information content (AvgIpc) is 2.82. The van der Waals surface area contributed by atoms with Crippen LogP contribution in [0.4, 0.5) is 17.6 Å². The largest absolute Gasteiger partial charge is 0.496 e. The smallest absolute Gasteiger partial charge is 0.431 e. The molecule has 0 aliphatic carbocycles. The quantitative estimate of drug-likeness (QED) is 0.397. The SMILES string of the molecule is COc1cccc2c(Oc3cc(-n4c(=O)cc(C(F)(F)F)n(C)c4=O)c(F)cc3C#N)cccc12. The molecule has 0 amide bonds. The summed E-state index contributed by atoms with van der Waals surface area (Å²) in [6.07, 6.45) is -4.97. The Hall–Kier alpha value is -4.59. The number of benzene rings is 3. The number of hydrogen-bond donors (Lipinski definition) is 0. The van der Waals surface area contributed by atoms with Gasteiger partial charge in [-0.15, -0.1) is 0 Å². The summed E-state index contributed by atoms with van der Waals surface area (Å²) >= 11 is 0. The summed E-state index contributed by atoms with van der Waals surface area (Å²) in [6.45, 7) is 0. The van der Waals surface area contributed by atoms with E-state index in [0.717, 1.165) is 19.2 Å². The van der Waals surface area contributed by atoms with E-state index in [0.29, 0.717) is 16.5 Å². The predicted molar refractivity (Wildman–Crippen MR) is 118 cm³/mol. The highest BCUT2D eigenvalue weighted by molar-refractivity contribution is 5.93. The normalized spacial score (nSPS) is 11.3. The van der Waals surface area contributed by atoms with Crippen LogP contribution in [-0.2, 0) is 13.2 Å². The lowest BCUT2D eigenvalue weighted by atomic mass is 10.1. The van der Waals surface area contributed by atoms with E-state index >= 15 is 0 Å². The zero-order valence-electron chi connectivity index (χ0n) is 18.2. The van der Waals surface area contributed by atoms with Crippen molar-refractivity contribution in [3.8, 4) is 29.0 Å². The van der Waals surface area contributed by atoms with Gasteiger partial charge in [-0.2, -0.15) is 18.4 Å². The van der Waals surface area contributed by atoms with E-state index in [1.54, 1.807) is 42.5 Å². The van der Waals surface area contributed by atoms with Crippen LogP contribution in [0.3, 0.4) is 0 Å². The maximum Gasteiger partial charge on any atom is 0.431 e. The van der Waals surface area contributed by atoms with E-state index < -0.39 is 34.6 Å². The molecular formula is C24H15F4N3O4. The first-order valence-corrected chi connectivity index (χ1v) is 9.94. The highest BCUT2D eigenvalue weighted by Crippen LogP contribution is 2.36. The summed E-state index contributed by atoms with van der Waals surface area (Å²) < 4.78 is 66.0. The van der Waals surface area contributed by atoms with Crippen LogP contribution in [0.25, 0.3) is 16.5 Å². The number of nitrogens with zero attached hydrogens (tertiary/aromatic N) is 3. The molecule has 0 spiro atoms. The second kappa shape index (κ2) is 8.64. The molecule has 1 heterocycles. The van der Waals surface area contributed by atoms with Crippen LogP contribution < -0.4 is 20.7 Å². The lowest BCUT2D eigenvalue weighted by Crippen LogP contribution is -2.41. The molecule has 0 unspecified atom stereocenters. The van der Waals surface area contributed by atoms with E-state index in [1.165, 1.54) is 7.11 Å². The molecule has 0 aliphatic heterocycles. The van der Waals surface area contributed by atoms with Crippen LogP contribution in [0.5, 0.6) is 17.2 Å². The molecule has 7 nitrogen and oxygen atoms in total. The third kappa shape index (κ3) is 4.10. The maximum absolute atomic E-state index is 14.9. The number of hydrogen-bond acceptors (Lipinski definition) is 5. The van der Waals surface area contributed by atoms with Crippen LogP contribution in [0.15, 0.2) is 64.2 Å². The number of alkyl halides is 3. The Morgan fingerprint density at radius 2 is 1.57 bits per heavy atom. The van der Waals surface area contributed by atoms with Crippen molar-refractivity contribution in [2.45, 2.75) is 6.18 Å². The van der Waals surface area contributed by atoms with Gasteiger partial charge in [0.2, 0.25) is 0 Å². The van der Waals surface area contributed by atoms with E-state index in [1.807, 2.05) is 0 Å². The van der Waals surface area contributed by atoms with Gasteiger partial charge < -0.3 is 9.47 Å². The molecule has 4 aromatic rings. The van der Waals surface area contributed by atoms with E-state index in [9.17, 15) is 32.4 Å². The van der Waals surface area contributed by atoms with Crippen molar-refractivity contribution in [3.05, 3.63) is 92.5 Å². The lowest BCUT2D eigenvalue weighted by molar-refractivity contribution is -0.144. The number of nitriles is 1. The summed E-state index contributed by atoms with van der Waals surface area (Å²) in [5.41, 5.74) is -5.24. The number of aromatic nitrogens is 2. The average molecular weight is 485 g/mol. The van der Waals surface area contributed by atoms with Gasteiger partial charge in [0, 0.05) is 30.0 Å². The molecule has 11 heteroatoms. The minimum absolute atomic E-state index is 0.191. The topological polar surface area (TPSA) is 86.2 Å². The summed E-state index contributed by atoms with van der Waals surface area (Å²) in [5, 5.41) is 10.7. The van der Waals surface area contributed by atoms with Gasteiger partial charge in [-0.05, 0) is 18.2 Å². The number of rotatable bonds is 4. The van der Waals surface area contributed by atoms with Gasteiger partial charge in [0.1, 0.15) is 34.8 Å². The number of ether oxygens (including phenoxy) is 2. The van der Waals surface area contributed by atoms with Crippen molar-refractivity contribution in [1.29, 1.82) is 5.26 Å². The van der Waals surface area contributed by atoms with Gasteiger partial charge in [-0.3, -0.25) is 9.36 Å². The number of halogens is 4. The third-order valence-electron chi connectivity index (χ3n) is 5.30. The Bertz CT molecular complexity index is 1630. The summed E-state index contributed by atoms with van der Waals surface area (Å²) in [7, 11) is 2.30. The molecule has 0 aliphatic rings. The molecule has 1 aromatic heterocycles. The fourth-order valence-corrected chi connectivity index (χ4v) is 3.64. The monoisotopic (exact) mass is 485 g/mol. The highest BCUT2D eigenvalue weighted by atomic mass is 19.4. The Morgan fingerprint density at radius 1 is 0.943 bits per heavy atom. The van der Waals surface area contributed by atoms with Gasteiger partial charge in [0.05, 0.1) is 18.4 Å². The van der Waals surface area contributed by atoms with Crippen molar-refractivity contribution in [2.75, 3.05) is 7.11 Å². The third-order valence-corrected chi connectivity index (χ3v) is 5.30. The van der Waals surface area contributed by atoms with E-state index in [4.69, 9.17) is 9.47 Å². The molecule has 0 saturated carbocycles. The summed E-state index contributed by atoms with van der Waals surface area (Å²) in [6, 6.07) is 13.8. The molecule has 0 fully saturated rings. The van der Waals surface area contributed by atoms with Gasteiger partial charge >= 0.3 is 11.9 Å². The Balaban J connectivity index is 1.92. The van der Waals surface area contributed by atoms with Crippen LogP contribution in [0.1, 0.15) is 11.3 Å². The van der Waals surface area contributed by atoms with Crippen LogP contribution in [-0.4, -0.2) is 16.2 Å². The first-order chi connectivity index (χ1) is 16.6. The van der Waals surface area contributed by atoms with E-state index in [-0.39, 0.29) is 32.3 Å². The Kier molecular flexibility index (Phi) is 5.82. The summed E-state index contributed by atoms with van der Waals surface area (Å²) in [4.78, 5) is 25.1. The Labute approximate surface area is 194 Å². The molecule has 178 valence electrons. The van der Waals surface area contributed by atoms with Crippen LogP contribution >= 0.6 is 0 Å².